The minimum absolute atomic E-state index is 0.0453. The molecule has 0 radical (unpaired) electrons. The molecule has 5 nitrogen and oxygen atoms in total. The number of nitrogens with zero attached hydrogens (tertiary/aromatic N) is 1. The molecule has 0 saturated carbocycles. The smallest absolute Gasteiger partial charge is 0.322 e. The summed E-state index contributed by atoms with van der Waals surface area (Å²) in [5.41, 5.74) is 2.75. The number of nitrogens with one attached hydrogen (secondary N) is 1. The quantitative estimate of drug-likeness (QED) is 0.541. The Kier molecular flexibility index (Phi) is 9.87. The predicted molar refractivity (Wildman–Crippen MR) is 87.4 cm³/mol. The SMILES string of the molecule is CCCCCCCCCCCC(=O)NN1CCCC1C(=O)O. The molecule has 1 fully saturated rings. The third-order valence-corrected chi connectivity index (χ3v) is 4.31. The standard InChI is InChI=1S/C17H32N2O3/c1-2-3-4-5-6-7-8-9-10-13-16(20)18-19-14-11-12-15(19)17(21)22/h15H,2-14H2,1H3,(H,18,20)(H,21,22). The maximum atomic E-state index is 11.8. The topological polar surface area (TPSA) is 69.6 Å². The van der Waals surface area contributed by atoms with Crippen molar-refractivity contribution in [2.75, 3.05) is 6.54 Å². The summed E-state index contributed by atoms with van der Waals surface area (Å²) < 4.78 is 0. The van der Waals surface area contributed by atoms with Crippen LogP contribution in [0.3, 0.4) is 0 Å². The lowest BCUT2D eigenvalue weighted by Gasteiger charge is -2.21. The van der Waals surface area contributed by atoms with Gasteiger partial charge >= 0.3 is 5.97 Å². The molecule has 1 rings (SSSR count). The molecule has 1 aliphatic rings. The van der Waals surface area contributed by atoms with Crippen molar-refractivity contribution in [1.29, 1.82) is 0 Å². The Labute approximate surface area is 134 Å². The fourth-order valence-electron chi connectivity index (χ4n) is 2.97. The molecule has 0 aromatic carbocycles. The Balaban J connectivity index is 1.98. The van der Waals surface area contributed by atoms with Crippen molar-refractivity contribution in [3.8, 4) is 0 Å². The number of amides is 1. The second-order valence-corrected chi connectivity index (χ2v) is 6.30. The molecule has 0 spiro atoms. The first-order valence-corrected chi connectivity index (χ1v) is 8.94. The van der Waals surface area contributed by atoms with Crippen LogP contribution in [0.15, 0.2) is 0 Å². The third-order valence-electron chi connectivity index (χ3n) is 4.31. The van der Waals surface area contributed by atoms with E-state index in [-0.39, 0.29) is 5.91 Å². The molecule has 1 amide bonds. The summed E-state index contributed by atoms with van der Waals surface area (Å²) in [5.74, 6) is -0.892. The number of hydrazine groups is 1. The Hall–Kier alpha value is -1.10. The molecule has 0 aromatic rings. The van der Waals surface area contributed by atoms with E-state index in [1.165, 1.54) is 44.9 Å². The number of carbonyl (C=O) groups is 2. The number of aliphatic carboxylic acids is 1. The van der Waals surface area contributed by atoms with Gasteiger partial charge in [-0.1, -0.05) is 58.3 Å². The molecule has 22 heavy (non-hydrogen) atoms. The van der Waals surface area contributed by atoms with Crippen molar-refractivity contribution in [2.45, 2.75) is 90.0 Å². The Bertz CT molecular complexity index is 334. The summed E-state index contributed by atoms with van der Waals surface area (Å²) in [5, 5.41) is 10.6. The molecule has 5 heteroatoms. The van der Waals surface area contributed by atoms with Gasteiger partial charge in [-0.05, 0) is 19.3 Å². The van der Waals surface area contributed by atoms with Gasteiger partial charge in [-0.15, -0.1) is 0 Å². The zero-order chi connectivity index (χ0) is 16.2. The van der Waals surface area contributed by atoms with Crippen LogP contribution in [0, 0.1) is 0 Å². The normalized spacial score (nSPS) is 18.5. The van der Waals surface area contributed by atoms with Crippen LogP contribution < -0.4 is 5.43 Å². The number of hydrogen-bond donors (Lipinski definition) is 2. The Morgan fingerprint density at radius 1 is 1.05 bits per heavy atom. The van der Waals surface area contributed by atoms with E-state index in [0.29, 0.717) is 19.4 Å². The number of hydrogen-bond acceptors (Lipinski definition) is 3. The summed E-state index contributed by atoms with van der Waals surface area (Å²) in [6, 6.07) is -0.549. The molecular formula is C17H32N2O3. The Morgan fingerprint density at radius 2 is 1.64 bits per heavy atom. The molecule has 128 valence electrons. The van der Waals surface area contributed by atoms with E-state index in [1.54, 1.807) is 5.01 Å². The second-order valence-electron chi connectivity index (χ2n) is 6.30. The summed E-state index contributed by atoms with van der Waals surface area (Å²) in [6.07, 6.45) is 13.0. The third kappa shape index (κ3) is 7.78. The van der Waals surface area contributed by atoms with Crippen LogP contribution >= 0.6 is 0 Å². The number of carbonyl (C=O) groups excluding carboxylic acids is 1. The van der Waals surface area contributed by atoms with Crippen LogP contribution in [-0.2, 0) is 9.59 Å². The molecule has 0 aliphatic carbocycles. The monoisotopic (exact) mass is 312 g/mol. The summed E-state index contributed by atoms with van der Waals surface area (Å²) in [6.45, 7) is 2.87. The van der Waals surface area contributed by atoms with E-state index in [1.807, 2.05) is 0 Å². The van der Waals surface area contributed by atoms with Gasteiger partial charge in [0.25, 0.3) is 0 Å². The maximum absolute atomic E-state index is 11.8. The molecule has 1 aliphatic heterocycles. The van der Waals surface area contributed by atoms with E-state index in [4.69, 9.17) is 5.11 Å². The van der Waals surface area contributed by atoms with Crippen LogP contribution in [0.1, 0.15) is 84.0 Å². The van der Waals surface area contributed by atoms with E-state index < -0.39 is 12.0 Å². The van der Waals surface area contributed by atoms with Gasteiger partial charge < -0.3 is 5.11 Å². The van der Waals surface area contributed by atoms with Crippen molar-refractivity contribution in [2.24, 2.45) is 0 Å². The molecule has 1 heterocycles. The van der Waals surface area contributed by atoms with Gasteiger partial charge in [-0.3, -0.25) is 15.0 Å². The van der Waals surface area contributed by atoms with Gasteiger partial charge in [0, 0.05) is 13.0 Å². The lowest BCUT2D eigenvalue weighted by molar-refractivity contribution is -0.144. The zero-order valence-electron chi connectivity index (χ0n) is 14.0. The summed E-state index contributed by atoms with van der Waals surface area (Å²) >= 11 is 0. The van der Waals surface area contributed by atoms with Crippen LogP contribution in [0.2, 0.25) is 0 Å². The molecule has 0 aromatic heterocycles. The molecule has 0 bridgehead atoms. The lowest BCUT2D eigenvalue weighted by atomic mass is 10.1. The largest absolute Gasteiger partial charge is 0.480 e. The van der Waals surface area contributed by atoms with E-state index >= 15 is 0 Å². The number of carboxylic acids is 1. The van der Waals surface area contributed by atoms with Crippen LogP contribution in [0.4, 0.5) is 0 Å². The first-order chi connectivity index (χ1) is 10.6. The van der Waals surface area contributed by atoms with Crippen LogP contribution in [0.25, 0.3) is 0 Å². The van der Waals surface area contributed by atoms with Crippen molar-refractivity contribution in [1.82, 2.24) is 10.4 Å². The van der Waals surface area contributed by atoms with E-state index in [2.05, 4.69) is 12.3 Å². The molecule has 1 unspecified atom stereocenters. The van der Waals surface area contributed by atoms with Crippen LogP contribution in [0.5, 0.6) is 0 Å². The Morgan fingerprint density at radius 3 is 2.23 bits per heavy atom. The predicted octanol–water partition coefficient (Wildman–Crippen LogP) is 3.49. The average molecular weight is 312 g/mol. The highest BCUT2D eigenvalue weighted by Gasteiger charge is 2.31. The molecule has 1 atom stereocenters. The minimum Gasteiger partial charge on any atom is -0.480 e. The number of carboxylic acid groups (broad SMARTS) is 1. The highest BCUT2D eigenvalue weighted by Crippen LogP contribution is 2.15. The minimum atomic E-state index is -0.846. The molecular weight excluding hydrogens is 280 g/mol. The van der Waals surface area contributed by atoms with E-state index in [9.17, 15) is 9.59 Å². The van der Waals surface area contributed by atoms with Gasteiger partial charge in [-0.25, -0.2) is 5.01 Å². The highest BCUT2D eigenvalue weighted by molar-refractivity contribution is 5.77. The lowest BCUT2D eigenvalue weighted by Crippen LogP contribution is -2.48. The second kappa shape index (κ2) is 11.5. The van der Waals surface area contributed by atoms with Crippen molar-refractivity contribution < 1.29 is 14.7 Å². The van der Waals surface area contributed by atoms with Crippen molar-refractivity contribution in [3.05, 3.63) is 0 Å². The van der Waals surface area contributed by atoms with Gasteiger partial charge in [0.1, 0.15) is 6.04 Å². The van der Waals surface area contributed by atoms with Crippen LogP contribution in [-0.4, -0.2) is 34.6 Å². The van der Waals surface area contributed by atoms with E-state index in [0.717, 1.165) is 19.3 Å². The number of unbranched alkanes of at least 4 members (excludes halogenated alkanes) is 8. The first kappa shape index (κ1) is 18.9. The fourth-order valence-corrected chi connectivity index (χ4v) is 2.97. The maximum Gasteiger partial charge on any atom is 0.322 e. The fraction of sp³-hybridized carbons (Fsp3) is 0.882. The average Bonchev–Trinajstić information content (AvgIpc) is 2.94. The zero-order valence-corrected chi connectivity index (χ0v) is 14.0. The van der Waals surface area contributed by atoms with Gasteiger partial charge in [-0.2, -0.15) is 0 Å². The molecule has 2 N–H and O–H groups in total. The first-order valence-electron chi connectivity index (χ1n) is 8.94. The van der Waals surface area contributed by atoms with Gasteiger partial charge in [0.15, 0.2) is 0 Å². The van der Waals surface area contributed by atoms with Gasteiger partial charge in [0.05, 0.1) is 0 Å². The summed E-state index contributed by atoms with van der Waals surface area (Å²) in [7, 11) is 0. The number of rotatable bonds is 12. The molecule has 1 saturated heterocycles. The van der Waals surface area contributed by atoms with Crippen molar-refractivity contribution in [3.63, 3.8) is 0 Å². The highest BCUT2D eigenvalue weighted by atomic mass is 16.4. The summed E-state index contributed by atoms with van der Waals surface area (Å²) in [4.78, 5) is 22.9. The van der Waals surface area contributed by atoms with Crippen molar-refractivity contribution >= 4 is 11.9 Å². The van der Waals surface area contributed by atoms with Gasteiger partial charge in [0.2, 0.25) is 5.91 Å².